The highest BCUT2D eigenvalue weighted by molar-refractivity contribution is 5.66. The van der Waals surface area contributed by atoms with Crippen LogP contribution in [0.3, 0.4) is 0 Å². The Morgan fingerprint density at radius 1 is 1.69 bits per heavy atom. The topological polar surface area (TPSA) is 66.8 Å². The third-order valence-electron chi connectivity index (χ3n) is 3.17. The fourth-order valence-electron chi connectivity index (χ4n) is 1.91. The van der Waals surface area contributed by atoms with Gasteiger partial charge in [0.2, 0.25) is 0 Å². The fourth-order valence-corrected chi connectivity index (χ4v) is 1.91. The molecule has 0 saturated carbocycles. The molecule has 0 saturated heterocycles. The Hall–Kier alpha value is -0.870. The highest BCUT2D eigenvalue weighted by Gasteiger charge is 2.32. The van der Waals surface area contributed by atoms with E-state index in [-0.39, 0.29) is 18.5 Å². The lowest BCUT2D eigenvalue weighted by Gasteiger charge is -2.33. The summed E-state index contributed by atoms with van der Waals surface area (Å²) in [5, 5.41) is 18.9. The molecule has 0 aromatic heterocycles. The van der Waals surface area contributed by atoms with E-state index in [0.717, 1.165) is 24.8 Å². The van der Waals surface area contributed by atoms with E-state index >= 15 is 0 Å². The molecule has 4 nitrogen and oxygen atoms in total. The molecule has 2 atom stereocenters. The molecule has 0 aromatic carbocycles. The molecule has 1 aliphatic carbocycles. The van der Waals surface area contributed by atoms with Gasteiger partial charge in [0.25, 0.3) is 0 Å². The highest BCUT2D eigenvalue weighted by atomic mass is 16.5. The van der Waals surface area contributed by atoms with Crippen molar-refractivity contribution < 1.29 is 19.7 Å². The minimum atomic E-state index is -1.01. The Morgan fingerprint density at radius 2 is 2.38 bits per heavy atom. The normalized spacial score (nSPS) is 24.5. The predicted octanol–water partition coefficient (Wildman–Crippen LogP) is 1.02. The van der Waals surface area contributed by atoms with Crippen LogP contribution >= 0.6 is 0 Å². The number of rotatable bonds is 4. The summed E-state index contributed by atoms with van der Waals surface area (Å²) in [6, 6.07) is 0. The zero-order chi connectivity index (χ0) is 12.2. The van der Waals surface area contributed by atoms with Crippen molar-refractivity contribution in [3.63, 3.8) is 0 Å². The van der Waals surface area contributed by atoms with Crippen molar-refractivity contribution in [1.29, 1.82) is 0 Å². The van der Waals surface area contributed by atoms with Crippen LogP contribution in [0, 0.1) is 5.92 Å². The average molecular weight is 228 g/mol. The van der Waals surface area contributed by atoms with E-state index in [9.17, 15) is 9.90 Å². The van der Waals surface area contributed by atoms with E-state index in [1.54, 1.807) is 6.92 Å². The van der Waals surface area contributed by atoms with Crippen LogP contribution in [0.2, 0.25) is 0 Å². The van der Waals surface area contributed by atoms with Gasteiger partial charge in [0, 0.05) is 6.92 Å². The zero-order valence-electron chi connectivity index (χ0n) is 9.90. The van der Waals surface area contributed by atoms with E-state index in [1.807, 2.05) is 6.08 Å². The quantitative estimate of drug-likeness (QED) is 0.557. The van der Waals surface area contributed by atoms with Gasteiger partial charge >= 0.3 is 5.97 Å². The first-order valence-electron chi connectivity index (χ1n) is 5.60. The SMILES string of the molecule is CC(=O)OCC1=CCC(C(C)(O)CO)CC1. The van der Waals surface area contributed by atoms with Crippen LogP contribution in [0.4, 0.5) is 0 Å². The molecule has 1 rings (SSSR count). The maximum Gasteiger partial charge on any atom is 0.302 e. The molecule has 16 heavy (non-hydrogen) atoms. The van der Waals surface area contributed by atoms with Gasteiger partial charge in [0.1, 0.15) is 6.61 Å². The van der Waals surface area contributed by atoms with Crippen molar-refractivity contribution in [1.82, 2.24) is 0 Å². The van der Waals surface area contributed by atoms with Gasteiger partial charge in [-0.3, -0.25) is 4.79 Å². The highest BCUT2D eigenvalue weighted by Crippen LogP contribution is 2.31. The number of hydrogen-bond donors (Lipinski definition) is 2. The number of carbonyl (C=O) groups is 1. The fraction of sp³-hybridized carbons (Fsp3) is 0.750. The summed E-state index contributed by atoms with van der Waals surface area (Å²) in [5.74, 6) is -0.191. The second-order valence-electron chi connectivity index (χ2n) is 4.63. The van der Waals surface area contributed by atoms with E-state index < -0.39 is 5.60 Å². The largest absolute Gasteiger partial charge is 0.461 e. The number of aliphatic hydroxyl groups is 2. The first-order valence-corrected chi connectivity index (χ1v) is 5.60. The standard InChI is InChI=1S/C12H20O4/c1-9(14)16-7-10-3-5-11(6-4-10)12(2,15)8-13/h3,11,13,15H,4-8H2,1-2H3. The van der Waals surface area contributed by atoms with Crippen LogP contribution in [0.15, 0.2) is 11.6 Å². The second-order valence-corrected chi connectivity index (χ2v) is 4.63. The molecule has 92 valence electrons. The van der Waals surface area contributed by atoms with Crippen molar-refractivity contribution >= 4 is 5.97 Å². The lowest BCUT2D eigenvalue weighted by atomic mass is 9.79. The first-order chi connectivity index (χ1) is 7.45. The predicted molar refractivity (Wildman–Crippen MR) is 59.8 cm³/mol. The van der Waals surface area contributed by atoms with Gasteiger partial charge in [0.05, 0.1) is 12.2 Å². The van der Waals surface area contributed by atoms with Crippen molar-refractivity contribution in [3.8, 4) is 0 Å². The van der Waals surface area contributed by atoms with Gasteiger partial charge in [-0.2, -0.15) is 0 Å². The van der Waals surface area contributed by atoms with Crippen molar-refractivity contribution in [2.45, 2.75) is 38.7 Å². The Labute approximate surface area is 95.9 Å². The van der Waals surface area contributed by atoms with Gasteiger partial charge in [-0.15, -0.1) is 0 Å². The third-order valence-corrected chi connectivity index (χ3v) is 3.17. The van der Waals surface area contributed by atoms with Crippen LogP contribution in [0.5, 0.6) is 0 Å². The summed E-state index contributed by atoms with van der Waals surface area (Å²) in [4.78, 5) is 10.6. The van der Waals surface area contributed by atoms with Gasteiger partial charge in [-0.05, 0) is 37.7 Å². The van der Waals surface area contributed by atoms with Crippen molar-refractivity contribution in [3.05, 3.63) is 11.6 Å². The molecule has 0 heterocycles. The number of allylic oxidation sites excluding steroid dienone is 1. The molecule has 1 aliphatic rings. The minimum Gasteiger partial charge on any atom is -0.461 e. The Morgan fingerprint density at radius 3 is 2.81 bits per heavy atom. The van der Waals surface area contributed by atoms with E-state index in [1.165, 1.54) is 6.92 Å². The molecule has 0 aromatic rings. The number of aliphatic hydroxyl groups excluding tert-OH is 1. The molecule has 4 heteroatoms. The molecular formula is C12H20O4. The molecule has 2 N–H and O–H groups in total. The molecule has 2 unspecified atom stereocenters. The van der Waals surface area contributed by atoms with Gasteiger partial charge in [-0.25, -0.2) is 0 Å². The molecule has 0 bridgehead atoms. The molecular weight excluding hydrogens is 208 g/mol. The number of ether oxygens (including phenoxy) is 1. The van der Waals surface area contributed by atoms with Gasteiger partial charge in [-0.1, -0.05) is 6.08 Å². The summed E-state index contributed by atoms with van der Waals surface area (Å²) >= 11 is 0. The molecule has 0 aliphatic heterocycles. The molecule has 0 fully saturated rings. The summed E-state index contributed by atoms with van der Waals surface area (Å²) in [5.41, 5.74) is 0.0869. The molecule has 0 radical (unpaired) electrons. The molecule has 0 spiro atoms. The summed E-state index contributed by atoms with van der Waals surface area (Å²) < 4.78 is 4.91. The monoisotopic (exact) mass is 228 g/mol. The van der Waals surface area contributed by atoms with E-state index in [4.69, 9.17) is 9.84 Å². The lowest BCUT2D eigenvalue weighted by molar-refractivity contribution is -0.140. The summed E-state index contributed by atoms with van der Waals surface area (Å²) in [6.45, 7) is 3.18. The number of carbonyl (C=O) groups excluding carboxylic acids is 1. The van der Waals surface area contributed by atoms with Crippen LogP contribution < -0.4 is 0 Å². The maximum atomic E-state index is 10.6. The van der Waals surface area contributed by atoms with E-state index in [0.29, 0.717) is 6.61 Å². The van der Waals surface area contributed by atoms with Crippen molar-refractivity contribution in [2.24, 2.45) is 5.92 Å². The summed E-state index contributed by atoms with van der Waals surface area (Å²) in [7, 11) is 0. The second kappa shape index (κ2) is 5.46. The smallest absolute Gasteiger partial charge is 0.302 e. The van der Waals surface area contributed by atoms with Crippen LogP contribution in [0.1, 0.15) is 33.1 Å². The number of esters is 1. The minimum absolute atomic E-state index is 0.0820. The molecule has 0 amide bonds. The average Bonchev–Trinajstić information content (AvgIpc) is 2.27. The van der Waals surface area contributed by atoms with E-state index in [2.05, 4.69) is 0 Å². The Balaban J connectivity index is 2.45. The van der Waals surface area contributed by atoms with Crippen LogP contribution in [-0.2, 0) is 9.53 Å². The Bertz CT molecular complexity index is 281. The first kappa shape index (κ1) is 13.2. The van der Waals surface area contributed by atoms with Crippen LogP contribution in [-0.4, -0.2) is 35.0 Å². The van der Waals surface area contributed by atoms with Crippen molar-refractivity contribution in [2.75, 3.05) is 13.2 Å². The summed E-state index contributed by atoms with van der Waals surface area (Å²) in [6.07, 6.45) is 4.36. The van der Waals surface area contributed by atoms with Crippen LogP contribution in [0.25, 0.3) is 0 Å². The van der Waals surface area contributed by atoms with Gasteiger partial charge < -0.3 is 14.9 Å². The third kappa shape index (κ3) is 3.61. The van der Waals surface area contributed by atoms with Gasteiger partial charge in [0.15, 0.2) is 0 Å². The Kier molecular flexibility index (Phi) is 4.50. The number of hydrogen-bond acceptors (Lipinski definition) is 4. The maximum absolute atomic E-state index is 10.6. The lowest BCUT2D eigenvalue weighted by Crippen LogP contribution is -2.39. The zero-order valence-corrected chi connectivity index (χ0v) is 9.90.